The van der Waals surface area contributed by atoms with E-state index in [1.54, 1.807) is 0 Å². The Balaban J connectivity index is 2.06. The summed E-state index contributed by atoms with van der Waals surface area (Å²) in [7, 11) is 1.99. The maximum absolute atomic E-state index is 3.54. The van der Waals surface area contributed by atoms with Gasteiger partial charge in [0.05, 0.1) is 0 Å². The molecule has 2 nitrogen and oxygen atoms in total. The minimum atomic E-state index is 0.878. The normalized spacial score (nSPS) is 11.1. The molecule has 2 aromatic carbocycles. The van der Waals surface area contributed by atoms with Crippen LogP contribution < -0.4 is 5.32 Å². The quantitative estimate of drug-likeness (QED) is 0.760. The maximum atomic E-state index is 3.54. The van der Waals surface area contributed by atoms with Crippen LogP contribution in [0.25, 0.3) is 10.9 Å². The molecule has 0 bridgehead atoms. The van der Waals surface area contributed by atoms with Crippen molar-refractivity contribution >= 4 is 26.8 Å². The Morgan fingerprint density at radius 2 is 1.90 bits per heavy atom. The monoisotopic (exact) mass is 328 g/mol. The molecule has 20 heavy (non-hydrogen) atoms. The Hall–Kier alpha value is -1.58. The molecule has 0 aliphatic heterocycles. The fourth-order valence-electron chi connectivity index (χ4n) is 2.60. The summed E-state index contributed by atoms with van der Waals surface area (Å²) >= 11 is 3.54. The number of nitrogens with one attached hydrogen (secondary N) is 1. The Labute approximate surface area is 127 Å². The zero-order valence-electron chi connectivity index (χ0n) is 11.4. The summed E-state index contributed by atoms with van der Waals surface area (Å²) < 4.78 is 3.51. The Morgan fingerprint density at radius 1 is 1.05 bits per heavy atom. The van der Waals surface area contributed by atoms with E-state index in [4.69, 9.17) is 0 Å². The molecule has 3 aromatic rings. The molecule has 0 aliphatic carbocycles. The zero-order chi connectivity index (χ0) is 13.9. The van der Waals surface area contributed by atoms with Gasteiger partial charge in [-0.2, -0.15) is 0 Å². The van der Waals surface area contributed by atoms with Crippen molar-refractivity contribution in [1.29, 1.82) is 0 Å². The van der Waals surface area contributed by atoms with Crippen molar-refractivity contribution in [2.45, 2.75) is 13.1 Å². The second-order valence-electron chi connectivity index (χ2n) is 4.94. The second-order valence-corrected chi connectivity index (χ2v) is 5.86. The first-order chi connectivity index (χ1) is 9.78. The first-order valence-electron chi connectivity index (χ1n) is 6.74. The molecular formula is C17H17BrN2. The molecule has 0 unspecified atom stereocenters. The highest BCUT2D eigenvalue weighted by molar-refractivity contribution is 9.10. The number of rotatable bonds is 4. The summed E-state index contributed by atoms with van der Waals surface area (Å²) in [5, 5.41) is 4.55. The summed E-state index contributed by atoms with van der Waals surface area (Å²) in [6.45, 7) is 1.77. The van der Waals surface area contributed by atoms with Crippen LogP contribution in [-0.2, 0) is 13.1 Å². The first kappa shape index (κ1) is 13.4. The number of hydrogen-bond donors (Lipinski definition) is 1. The van der Waals surface area contributed by atoms with Gasteiger partial charge in [0, 0.05) is 28.8 Å². The van der Waals surface area contributed by atoms with Gasteiger partial charge in [0.15, 0.2) is 0 Å². The van der Waals surface area contributed by atoms with Gasteiger partial charge in [-0.1, -0.05) is 46.3 Å². The highest BCUT2D eigenvalue weighted by Crippen LogP contribution is 2.22. The lowest BCUT2D eigenvalue weighted by Crippen LogP contribution is -2.11. The minimum absolute atomic E-state index is 0.878. The number of benzene rings is 2. The molecule has 0 saturated heterocycles. The van der Waals surface area contributed by atoms with E-state index in [9.17, 15) is 0 Å². The lowest BCUT2D eigenvalue weighted by molar-refractivity contribution is 0.709. The zero-order valence-corrected chi connectivity index (χ0v) is 13.0. The molecule has 0 spiro atoms. The van der Waals surface area contributed by atoms with Crippen molar-refractivity contribution in [3.63, 3.8) is 0 Å². The maximum Gasteiger partial charge on any atom is 0.0486 e. The molecule has 0 atom stereocenters. The predicted molar refractivity (Wildman–Crippen MR) is 87.9 cm³/mol. The molecule has 1 heterocycles. The Morgan fingerprint density at radius 3 is 2.70 bits per heavy atom. The van der Waals surface area contributed by atoms with Gasteiger partial charge in [0.2, 0.25) is 0 Å². The van der Waals surface area contributed by atoms with Gasteiger partial charge in [-0.3, -0.25) is 0 Å². The molecule has 0 aliphatic rings. The fraction of sp³-hybridized carbons (Fsp3) is 0.176. The third kappa shape index (κ3) is 2.65. The molecule has 3 heteroatoms. The SMILES string of the molecule is CNCc1cc2ccccc2n1Cc1cccc(Br)c1. The van der Waals surface area contributed by atoms with Crippen LogP contribution in [0.15, 0.2) is 59.1 Å². The van der Waals surface area contributed by atoms with Crippen LogP contribution >= 0.6 is 15.9 Å². The number of aromatic nitrogens is 1. The van der Waals surface area contributed by atoms with Crippen molar-refractivity contribution in [3.05, 3.63) is 70.3 Å². The average Bonchev–Trinajstić information content (AvgIpc) is 2.78. The van der Waals surface area contributed by atoms with Gasteiger partial charge in [-0.25, -0.2) is 0 Å². The van der Waals surface area contributed by atoms with Crippen LogP contribution in [0.2, 0.25) is 0 Å². The summed E-state index contributed by atoms with van der Waals surface area (Å²) in [6, 6.07) is 19.3. The van der Waals surface area contributed by atoms with Gasteiger partial charge in [-0.05, 0) is 42.3 Å². The Kier molecular flexibility index (Phi) is 3.90. The average molecular weight is 329 g/mol. The van der Waals surface area contributed by atoms with Gasteiger partial charge in [0.25, 0.3) is 0 Å². The summed E-state index contributed by atoms with van der Waals surface area (Å²) in [4.78, 5) is 0. The second kappa shape index (κ2) is 5.81. The van der Waals surface area contributed by atoms with Crippen molar-refractivity contribution in [2.75, 3.05) is 7.05 Å². The van der Waals surface area contributed by atoms with E-state index in [-0.39, 0.29) is 0 Å². The largest absolute Gasteiger partial charge is 0.339 e. The van der Waals surface area contributed by atoms with Crippen LogP contribution in [0.1, 0.15) is 11.3 Å². The van der Waals surface area contributed by atoms with E-state index in [2.05, 4.69) is 80.4 Å². The van der Waals surface area contributed by atoms with E-state index >= 15 is 0 Å². The molecule has 0 fully saturated rings. The van der Waals surface area contributed by atoms with E-state index in [0.29, 0.717) is 0 Å². The summed E-state index contributed by atoms with van der Waals surface area (Å²) in [5.74, 6) is 0. The molecule has 0 saturated carbocycles. The van der Waals surface area contributed by atoms with Gasteiger partial charge in [0.1, 0.15) is 0 Å². The number of nitrogens with zero attached hydrogens (tertiary/aromatic N) is 1. The van der Waals surface area contributed by atoms with Gasteiger partial charge < -0.3 is 9.88 Å². The van der Waals surface area contributed by atoms with Crippen molar-refractivity contribution in [3.8, 4) is 0 Å². The van der Waals surface area contributed by atoms with Crippen LogP contribution in [0.4, 0.5) is 0 Å². The van der Waals surface area contributed by atoms with Gasteiger partial charge in [-0.15, -0.1) is 0 Å². The standard InChI is InChI=1S/C17H17BrN2/c1-19-11-16-10-14-6-2-3-8-17(14)20(16)12-13-5-4-7-15(18)9-13/h2-10,19H,11-12H2,1H3. The van der Waals surface area contributed by atoms with E-state index < -0.39 is 0 Å². The molecule has 102 valence electrons. The number of para-hydroxylation sites is 1. The molecule has 3 rings (SSSR count). The third-order valence-corrected chi connectivity index (χ3v) is 3.98. The molecule has 0 amide bonds. The van der Waals surface area contributed by atoms with E-state index in [1.807, 2.05) is 7.05 Å². The van der Waals surface area contributed by atoms with Crippen LogP contribution in [-0.4, -0.2) is 11.6 Å². The van der Waals surface area contributed by atoms with Crippen LogP contribution in [0.5, 0.6) is 0 Å². The molecule has 1 N–H and O–H groups in total. The minimum Gasteiger partial charge on any atom is -0.339 e. The highest BCUT2D eigenvalue weighted by atomic mass is 79.9. The first-order valence-corrected chi connectivity index (χ1v) is 7.53. The van der Waals surface area contributed by atoms with Crippen LogP contribution in [0.3, 0.4) is 0 Å². The van der Waals surface area contributed by atoms with Crippen molar-refractivity contribution in [1.82, 2.24) is 9.88 Å². The van der Waals surface area contributed by atoms with Gasteiger partial charge >= 0.3 is 0 Å². The smallest absolute Gasteiger partial charge is 0.0486 e. The number of fused-ring (bicyclic) bond motifs is 1. The molecule has 0 radical (unpaired) electrons. The van der Waals surface area contributed by atoms with E-state index in [0.717, 1.165) is 17.6 Å². The van der Waals surface area contributed by atoms with Crippen LogP contribution in [0, 0.1) is 0 Å². The molecule has 1 aromatic heterocycles. The Bertz CT molecular complexity index is 731. The van der Waals surface area contributed by atoms with Crippen molar-refractivity contribution in [2.24, 2.45) is 0 Å². The lowest BCUT2D eigenvalue weighted by Gasteiger charge is -2.11. The highest BCUT2D eigenvalue weighted by Gasteiger charge is 2.08. The third-order valence-electron chi connectivity index (χ3n) is 3.48. The fourth-order valence-corrected chi connectivity index (χ4v) is 3.05. The topological polar surface area (TPSA) is 17.0 Å². The van der Waals surface area contributed by atoms with Crippen molar-refractivity contribution < 1.29 is 0 Å². The lowest BCUT2D eigenvalue weighted by atomic mass is 10.2. The summed E-state index contributed by atoms with van der Waals surface area (Å²) in [5.41, 5.74) is 3.91. The predicted octanol–water partition coefficient (Wildman–Crippen LogP) is 4.17. The number of hydrogen-bond acceptors (Lipinski definition) is 1. The van der Waals surface area contributed by atoms with E-state index in [1.165, 1.54) is 22.2 Å². The number of halogens is 1. The molecular weight excluding hydrogens is 312 g/mol. The summed E-state index contributed by atoms with van der Waals surface area (Å²) in [6.07, 6.45) is 0.